The highest BCUT2D eigenvalue weighted by Crippen LogP contribution is 2.33. The Morgan fingerprint density at radius 3 is 0.508 bits per heavy atom. The Bertz CT molecular complexity index is 6120. The third-order valence-electron chi connectivity index (χ3n) is 25.7. The fourth-order valence-corrected chi connectivity index (χ4v) is 15.7. The van der Waals surface area contributed by atoms with E-state index in [1.807, 2.05) is 12.1 Å². The summed E-state index contributed by atoms with van der Waals surface area (Å²) in [6.07, 6.45) is 0. The van der Waals surface area contributed by atoms with Gasteiger partial charge in [0, 0.05) is 0 Å². The Labute approximate surface area is 785 Å². The molecule has 17 rings (SSSR count). The van der Waals surface area contributed by atoms with E-state index in [2.05, 4.69) is 534 Å². The molecule has 0 nitrogen and oxygen atoms in total. The molecule has 0 spiro atoms. The normalized spacial score (nSPS) is 10.3. The second-order valence-electron chi connectivity index (χ2n) is 36.0. The average molecular weight is 1700 g/mol. The van der Waals surface area contributed by atoms with Gasteiger partial charge in [-0.15, -0.1) is 0 Å². The van der Waals surface area contributed by atoms with Crippen molar-refractivity contribution in [1.29, 1.82) is 0 Å². The summed E-state index contributed by atoms with van der Waals surface area (Å²) in [5, 5.41) is 0. The van der Waals surface area contributed by atoms with Crippen LogP contribution in [0.4, 0.5) is 0 Å². The maximum Gasteiger partial charge on any atom is -0.0154 e. The number of benzene rings is 17. The van der Waals surface area contributed by atoms with Crippen LogP contribution in [-0.4, -0.2) is 0 Å². The Morgan fingerprint density at radius 1 is 0.0923 bits per heavy atom. The van der Waals surface area contributed by atoms with E-state index in [1.54, 1.807) is 0 Å². The number of hydrogen-bond acceptors (Lipinski definition) is 0. The Kier molecular flexibility index (Phi) is 37.7. The average Bonchev–Trinajstić information content (AvgIpc) is 0.770. The summed E-state index contributed by atoms with van der Waals surface area (Å²) < 4.78 is 0. The van der Waals surface area contributed by atoms with E-state index in [-0.39, 0.29) is 0 Å². The van der Waals surface area contributed by atoms with Crippen LogP contribution in [0.15, 0.2) is 352 Å². The van der Waals surface area contributed by atoms with E-state index in [1.165, 1.54) is 245 Å². The van der Waals surface area contributed by atoms with E-state index < -0.39 is 0 Å². The molecule has 17 aromatic rings. The monoisotopic (exact) mass is 1700 g/mol. The van der Waals surface area contributed by atoms with Gasteiger partial charge in [-0.2, -0.15) is 0 Å². The molecule has 0 aliphatic rings. The van der Waals surface area contributed by atoms with Gasteiger partial charge in [0.1, 0.15) is 0 Å². The number of hydrogen-bond donors (Lipinski definition) is 0. The molecule has 0 saturated carbocycles. The second-order valence-corrected chi connectivity index (χ2v) is 36.0. The van der Waals surface area contributed by atoms with Crippen LogP contribution in [-0.2, 0) is 0 Å². The number of aryl methyl sites for hydroxylation is 25. The predicted molar refractivity (Wildman–Crippen MR) is 574 cm³/mol. The third-order valence-corrected chi connectivity index (χ3v) is 25.7. The van der Waals surface area contributed by atoms with E-state index in [4.69, 9.17) is 0 Å². The Balaban J connectivity index is 0.000000165. The molecule has 0 fully saturated rings. The molecule has 0 heterocycles. The van der Waals surface area contributed by atoms with Gasteiger partial charge in [-0.3, -0.25) is 0 Å². The van der Waals surface area contributed by atoms with Gasteiger partial charge in [0.2, 0.25) is 0 Å². The molecule has 0 bridgehead atoms. The van der Waals surface area contributed by atoms with Gasteiger partial charge in [0.05, 0.1) is 0 Å². The van der Waals surface area contributed by atoms with Gasteiger partial charge in [-0.25, -0.2) is 0 Å². The smallest absolute Gasteiger partial charge is 0.0154 e. The van der Waals surface area contributed by atoms with Crippen LogP contribution in [0, 0.1) is 194 Å². The van der Waals surface area contributed by atoms with Gasteiger partial charge in [0.15, 0.2) is 0 Å². The van der Waals surface area contributed by atoms with Crippen LogP contribution in [0.3, 0.4) is 0 Å². The molecule has 130 heavy (non-hydrogen) atoms. The first-order valence-corrected chi connectivity index (χ1v) is 46.2. The molecule has 0 N–H and O–H groups in total. The van der Waals surface area contributed by atoms with Crippen molar-refractivity contribution in [2.24, 2.45) is 0 Å². The lowest BCUT2D eigenvalue weighted by Gasteiger charge is -2.09. The highest BCUT2D eigenvalue weighted by Gasteiger charge is 2.11. The van der Waals surface area contributed by atoms with Crippen molar-refractivity contribution in [1.82, 2.24) is 0 Å². The SMILES string of the molecule is Cc1cc(-c2ccccc2)cc(C)c1C.Cc1cc(-c2ccccc2)cc(C)c1C.Cc1cc(C)c(C)c(C)c1.Cc1ccc(-c2ccc(C)c(C)c2)c(C)c1.Cc1ccc(-c2ccc(C)c(C)c2)c(C)c1.Cc1ccc(-c2ccccc2)cc1C.Cc1ccc(-c2ccccc2)cc1C.Cc1ccc(-c2ccccc2C)cc1C.Cc1ccc(-c2ccccc2C)cc1C. The first kappa shape index (κ1) is 101. The summed E-state index contributed by atoms with van der Waals surface area (Å²) >= 11 is 0. The molecule has 0 radical (unpaired) electrons. The molecule has 0 unspecified atom stereocenters. The lowest BCUT2D eigenvalue weighted by Crippen LogP contribution is -1.88. The molecule has 17 aromatic carbocycles. The van der Waals surface area contributed by atoms with Crippen LogP contribution in [0.25, 0.3) is 89.0 Å². The summed E-state index contributed by atoms with van der Waals surface area (Å²) in [4.78, 5) is 0. The van der Waals surface area contributed by atoms with Crippen molar-refractivity contribution in [2.45, 2.75) is 194 Å². The van der Waals surface area contributed by atoms with Crippen LogP contribution >= 0.6 is 0 Å². The maximum absolute atomic E-state index is 2.27. The van der Waals surface area contributed by atoms with Gasteiger partial charge >= 0.3 is 0 Å². The third kappa shape index (κ3) is 29.4. The maximum atomic E-state index is 2.27. The van der Waals surface area contributed by atoms with Crippen molar-refractivity contribution in [2.75, 3.05) is 0 Å². The molecular weight excluding hydrogens is 1560 g/mol. The van der Waals surface area contributed by atoms with Gasteiger partial charge < -0.3 is 0 Å². The van der Waals surface area contributed by atoms with E-state index in [0.29, 0.717) is 0 Å². The lowest BCUT2D eigenvalue weighted by molar-refractivity contribution is 1.23. The summed E-state index contributed by atoms with van der Waals surface area (Å²) in [7, 11) is 0. The predicted octanol–water partition coefficient (Wildman–Crippen LogP) is 37.2. The van der Waals surface area contributed by atoms with E-state index >= 15 is 0 Å². The standard InChI is InChI=1S/2C16H18.4C15H16.2C14H14.C10H14/c2*1-11-5-8-16(14(4)9-11)15-7-6-12(2)13(3)10-15;2*1-11-8-9-14(10-13(11)3)15-7-5-4-6-12(15)2;2*1-11-9-15(10-12(2)13(11)3)14-7-5-4-6-8-14;2*1-11-8-9-14(10-12(11)2)13-6-4-3-5-7-13;1-7-5-8(2)10(4)9(3)6-7/h2*5-10H,1-4H3;4*4-10H,1-3H3;2*3-10H,1-2H3;5-6H,1-4H3. The Morgan fingerprint density at radius 2 is 0.277 bits per heavy atom. The molecule has 0 aromatic heterocycles. The van der Waals surface area contributed by atoms with Crippen molar-refractivity contribution in [3.05, 3.63) is 508 Å². The second kappa shape index (κ2) is 48.8. The summed E-state index contributed by atoms with van der Waals surface area (Å²) in [6.45, 7) is 60.5. The molecule has 0 atom stereocenters. The van der Waals surface area contributed by atoms with Crippen molar-refractivity contribution in [3.8, 4) is 89.0 Å². The first-order valence-electron chi connectivity index (χ1n) is 46.2. The summed E-state index contributed by atoms with van der Waals surface area (Å²) in [5.74, 6) is 0. The Hall–Kier alpha value is -13.3. The zero-order chi connectivity index (χ0) is 94.4. The molecular formula is C130H142. The van der Waals surface area contributed by atoms with E-state index in [0.717, 1.165) is 0 Å². The molecule has 0 amide bonds. The van der Waals surface area contributed by atoms with Gasteiger partial charge in [-0.1, -0.05) is 369 Å². The molecule has 0 heteroatoms. The van der Waals surface area contributed by atoms with Crippen molar-refractivity contribution in [3.63, 3.8) is 0 Å². The minimum Gasteiger partial charge on any atom is -0.0622 e. The fourth-order valence-electron chi connectivity index (χ4n) is 15.7. The zero-order valence-electron chi connectivity index (χ0n) is 83.5. The summed E-state index contributed by atoms with van der Waals surface area (Å²) in [6, 6.07) is 126. The topological polar surface area (TPSA) is 0 Å². The van der Waals surface area contributed by atoms with Crippen molar-refractivity contribution >= 4 is 0 Å². The minimum absolute atomic E-state index is 1.29. The highest BCUT2D eigenvalue weighted by molar-refractivity contribution is 5.74. The molecule has 0 aliphatic heterocycles. The summed E-state index contributed by atoms with van der Waals surface area (Å²) in [5.41, 5.74) is 59.2. The first-order chi connectivity index (χ1) is 62.0. The largest absolute Gasteiger partial charge is 0.0622 e. The van der Waals surface area contributed by atoms with Crippen LogP contribution in [0.2, 0.25) is 0 Å². The number of rotatable bonds is 8. The van der Waals surface area contributed by atoms with Gasteiger partial charge in [0.25, 0.3) is 0 Å². The minimum atomic E-state index is 1.29. The molecule has 662 valence electrons. The van der Waals surface area contributed by atoms with Crippen LogP contribution in [0.1, 0.15) is 156 Å². The van der Waals surface area contributed by atoms with Crippen LogP contribution in [0.5, 0.6) is 0 Å². The van der Waals surface area contributed by atoms with E-state index in [9.17, 15) is 0 Å². The van der Waals surface area contributed by atoms with Gasteiger partial charge in [-0.05, 0) is 422 Å². The highest BCUT2D eigenvalue weighted by atomic mass is 14.2. The fraction of sp³-hybridized carbons (Fsp3) is 0.215. The zero-order valence-corrected chi connectivity index (χ0v) is 83.5. The molecule has 0 saturated heterocycles. The quantitative estimate of drug-likeness (QED) is 0.142. The van der Waals surface area contributed by atoms with Crippen LogP contribution < -0.4 is 0 Å². The lowest BCUT2D eigenvalue weighted by atomic mass is 9.96. The van der Waals surface area contributed by atoms with Crippen molar-refractivity contribution < 1.29 is 0 Å². The molecule has 0 aliphatic carbocycles.